The van der Waals surface area contributed by atoms with Gasteiger partial charge in [-0.2, -0.15) is 5.10 Å². The molecule has 2 aromatic carbocycles. The van der Waals surface area contributed by atoms with Gasteiger partial charge in [-0.05, 0) is 38.5 Å². The van der Waals surface area contributed by atoms with Crippen molar-refractivity contribution in [3.05, 3.63) is 70.4 Å². The second-order valence-corrected chi connectivity index (χ2v) is 7.10. The number of nitrogens with zero attached hydrogens (tertiary/aromatic N) is 4. The normalized spacial score (nSPS) is 11.2. The van der Waals surface area contributed by atoms with E-state index in [0.29, 0.717) is 11.9 Å². The molecule has 0 bridgehead atoms. The van der Waals surface area contributed by atoms with Crippen molar-refractivity contribution in [2.45, 2.75) is 33.4 Å². The summed E-state index contributed by atoms with van der Waals surface area (Å²) >= 11 is 0. The van der Waals surface area contributed by atoms with Gasteiger partial charge in [0.25, 0.3) is 5.56 Å². The van der Waals surface area contributed by atoms with E-state index in [1.165, 1.54) is 4.68 Å². The number of aromatic nitrogens is 4. The monoisotopic (exact) mass is 389 g/mol. The van der Waals surface area contributed by atoms with Crippen LogP contribution < -0.4 is 10.9 Å². The van der Waals surface area contributed by atoms with Crippen LogP contribution in [0.15, 0.2) is 53.3 Å². The number of fused-ring (bicyclic) bond motifs is 2. The lowest BCUT2D eigenvalue weighted by Crippen LogP contribution is -2.34. The van der Waals surface area contributed by atoms with E-state index in [1.807, 2.05) is 56.3 Å². The molecular formula is C22H23N5O2. The highest BCUT2D eigenvalue weighted by atomic mass is 16.2. The van der Waals surface area contributed by atoms with Crippen LogP contribution in [0.3, 0.4) is 0 Å². The quantitative estimate of drug-likeness (QED) is 0.514. The van der Waals surface area contributed by atoms with Crippen molar-refractivity contribution in [1.82, 2.24) is 24.6 Å². The Kier molecular flexibility index (Phi) is 5.12. The standard InChI is InChI=1S/C22H23N5O2/c1-15-17-8-3-4-9-18(17)22(29)27(25-15)14-21(28)23-12-7-13-26-16(2)24-19-10-5-6-11-20(19)26/h3-6,8-11H,7,12-14H2,1-2H3,(H,23,28). The molecule has 7 nitrogen and oxygen atoms in total. The maximum Gasteiger partial charge on any atom is 0.275 e. The average Bonchev–Trinajstić information content (AvgIpc) is 3.04. The van der Waals surface area contributed by atoms with Crippen LogP contribution in [0, 0.1) is 13.8 Å². The van der Waals surface area contributed by atoms with Crippen molar-refractivity contribution in [2.75, 3.05) is 6.54 Å². The third kappa shape index (κ3) is 3.76. The minimum atomic E-state index is -0.248. The third-order valence-corrected chi connectivity index (χ3v) is 5.07. The first-order chi connectivity index (χ1) is 14.0. The SMILES string of the molecule is Cc1nn(CC(=O)NCCCn2c(C)nc3ccccc32)c(=O)c2ccccc12. The smallest absolute Gasteiger partial charge is 0.275 e. The van der Waals surface area contributed by atoms with Gasteiger partial charge < -0.3 is 9.88 Å². The molecule has 0 atom stereocenters. The maximum atomic E-state index is 12.6. The van der Waals surface area contributed by atoms with Crippen molar-refractivity contribution in [3.8, 4) is 0 Å². The second kappa shape index (κ2) is 7.87. The Balaban J connectivity index is 1.37. The fraction of sp³-hybridized carbons (Fsp3) is 0.273. The van der Waals surface area contributed by atoms with Crippen molar-refractivity contribution in [3.63, 3.8) is 0 Å². The minimum absolute atomic E-state index is 0.0858. The molecule has 0 spiro atoms. The zero-order chi connectivity index (χ0) is 20.4. The van der Waals surface area contributed by atoms with Crippen LogP contribution in [0.4, 0.5) is 0 Å². The van der Waals surface area contributed by atoms with E-state index in [-0.39, 0.29) is 18.0 Å². The molecule has 7 heteroatoms. The highest BCUT2D eigenvalue weighted by Crippen LogP contribution is 2.15. The van der Waals surface area contributed by atoms with Gasteiger partial charge in [-0.15, -0.1) is 0 Å². The van der Waals surface area contributed by atoms with E-state index in [2.05, 4.69) is 20.0 Å². The molecule has 0 saturated carbocycles. The predicted octanol–water partition coefficient (Wildman–Crippen LogP) is 2.57. The number of benzene rings is 2. The van der Waals surface area contributed by atoms with Gasteiger partial charge in [0.2, 0.25) is 5.91 Å². The number of hydrogen-bond acceptors (Lipinski definition) is 4. The molecular weight excluding hydrogens is 366 g/mol. The molecule has 2 aromatic heterocycles. The van der Waals surface area contributed by atoms with Crippen LogP contribution >= 0.6 is 0 Å². The molecule has 29 heavy (non-hydrogen) atoms. The topological polar surface area (TPSA) is 81.8 Å². The van der Waals surface area contributed by atoms with Gasteiger partial charge in [-0.3, -0.25) is 9.59 Å². The van der Waals surface area contributed by atoms with E-state index in [9.17, 15) is 9.59 Å². The first kappa shape index (κ1) is 18.9. The fourth-order valence-corrected chi connectivity index (χ4v) is 3.65. The van der Waals surface area contributed by atoms with Crippen molar-refractivity contribution in [1.29, 1.82) is 0 Å². The van der Waals surface area contributed by atoms with E-state index in [0.717, 1.165) is 40.9 Å². The van der Waals surface area contributed by atoms with Crippen LogP contribution in [-0.2, 0) is 17.9 Å². The molecule has 0 aliphatic rings. The summed E-state index contributed by atoms with van der Waals surface area (Å²) in [5.74, 6) is 0.737. The molecule has 1 amide bonds. The first-order valence-electron chi connectivity index (χ1n) is 9.69. The van der Waals surface area contributed by atoms with Crippen molar-refractivity contribution in [2.24, 2.45) is 0 Å². The largest absolute Gasteiger partial charge is 0.354 e. The Morgan fingerprint density at radius 2 is 1.76 bits per heavy atom. The van der Waals surface area contributed by atoms with Crippen molar-refractivity contribution < 1.29 is 4.79 Å². The molecule has 1 N–H and O–H groups in total. The van der Waals surface area contributed by atoms with Crippen LogP contribution in [-0.4, -0.2) is 31.8 Å². The molecule has 4 rings (SSSR count). The summed E-state index contributed by atoms with van der Waals surface area (Å²) in [4.78, 5) is 29.5. The molecule has 0 aliphatic heterocycles. The lowest BCUT2D eigenvalue weighted by Gasteiger charge is -2.10. The highest BCUT2D eigenvalue weighted by Gasteiger charge is 2.11. The Labute approximate surface area is 168 Å². The number of carbonyl (C=O) groups is 1. The summed E-state index contributed by atoms with van der Waals surface area (Å²) in [5.41, 5.74) is 2.56. The summed E-state index contributed by atoms with van der Waals surface area (Å²) in [7, 11) is 0. The number of rotatable bonds is 6. The molecule has 148 valence electrons. The van der Waals surface area contributed by atoms with E-state index in [1.54, 1.807) is 6.07 Å². The van der Waals surface area contributed by atoms with Crippen LogP contribution in [0.2, 0.25) is 0 Å². The number of nitrogens with one attached hydrogen (secondary N) is 1. The summed E-state index contributed by atoms with van der Waals surface area (Å²) in [6.45, 7) is 5.02. The molecule has 0 aliphatic carbocycles. The average molecular weight is 389 g/mol. The second-order valence-electron chi connectivity index (χ2n) is 7.10. The van der Waals surface area contributed by atoms with E-state index in [4.69, 9.17) is 0 Å². The first-order valence-corrected chi connectivity index (χ1v) is 9.69. The Bertz CT molecular complexity index is 1260. The number of imidazole rings is 1. The highest BCUT2D eigenvalue weighted by molar-refractivity contribution is 5.83. The van der Waals surface area contributed by atoms with E-state index >= 15 is 0 Å². The van der Waals surface area contributed by atoms with Crippen LogP contribution in [0.5, 0.6) is 0 Å². The molecule has 0 saturated heterocycles. The number of amides is 1. The zero-order valence-electron chi connectivity index (χ0n) is 16.6. The lowest BCUT2D eigenvalue weighted by molar-refractivity contribution is -0.121. The van der Waals surface area contributed by atoms with Gasteiger partial charge >= 0.3 is 0 Å². The fourth-order valence-electron chi connectivity index (χ4n) is 3.65. The summed E-state index contributed by atoms with van der Waals surface area (Å²) < 4.78 is 3.39. The maximum absolute atomic E-state index is 12.6. The predicted molar refractivity (Wildman–Crippen MR) is 113 cm³/mol. The van der Waals surface area contributed by atoms with Gasteiger partial charge in [0, 0.05) is 18.5 Å². The van der Waals surface area contributed by atoms with Gasteiger partial charge in [-0.25, -0.2) is 9.67 Å². The summed E-state index contributed by atoms with van der Waals surface area (Å²) in [6, 6.07) is 15.3. The lowest BCUT2D eigenvalue weighted by atomic mass is 10.1. The third-order valence-electron chi connectivity index (χ3n) is 5.07. The van der Waals surface area contributed by atoms with Crippen LogP contribution in [0.25, 0.3) is 21.8 Å². The molecule has 2 heterocycles. The Morgan fingerprint density at radius 1 is 1.03 bits per heavy atom. The minimum Gasteiger partial charge on any atom is -0.354 e. The molecule has 0 unspecified atom stereocenters. The summed E-state index contributed by atoms with van der Waals surface area (Å²) in [5, 5.41) is 8.57. The number of carbonyl (C=O) groups excluding carboxylic acids is 1. The van der Waals surface area contributed by atoms with Gasteiger partial charge in [0.05, 0.1) is 22.1 Å². The van der Waals surface area contributed by atoms with Gasteiger partial charge in [0.15, 0.2) is 0 Å². The molecule has 0 radical (unpaired) electrons. The van der Waals surface area contributed by atoms with Crippen LogP contribution in [0.1, 0.15) is 17.9 Å². The summed E-state index contributed by atoms with van der Waals surface area (Å²) in [6.07, 6.45) is 0.770. The Hall–Kier alpha value is -3.48. The Morgan fingerprint density at radius 3 is 2.59 bits per heavy atom. The number of aryl methyl sites for hydroxylation is 3. The van der Waals surface area contributed by atoms with Gasteiger partial charge in [0.1, 0.15) is 12.4 Å². The van der Waals surface area contributed by atoms with E-state index < -0.39 is 0 Å². The van der Waals surface area contributed by atoms with Crippen molar-refractivity contribution >= 4 is 27.7 Å². The van der Waals surface area contributed by atoms with Gasteiger partial charge in [-0.1, -0.05) is 30.3 Å². The number of hydrogen-bond donors (Lipinski definition) is 1. The molecule has 0 fully saturated rings. The number of para-hydroxylation sites is 2. The zero-order valence-corrected chi connectivity index (χ0v) is 16.6. The molecule has 4 aromatic rings.